The molecule has 21 heavy (non-hydrogen) atoms. The molecule has 1 saturated carbocycles. The van der Waals surface area contributed by atoms with Crippen LogP contribution < -0.4 is 16.0 Å². The highest BCUT2D eigenvalue weighted by Gasteiger charge is 2.46. The zero-order valence-corrected chi connectivity index (χ0v) is 13.4. The molecule has 1 aromatic carbocycles. The third kappa shape index (κ3) is 3.21. The fourth-order valence-electron chi connectivity index (χ4n) is 3.52. The predicted octanol–water partition coefficient (Wildman–Crippen LogP) is 2.06. The topological polar surface area (TPSA) is 58.4 Å². The summed E-state index contributed by atoms with van der Waals surface area (Å²) in [5.74, 6) is 0.124. The average molecular weight is 289 g/mol. The maximum atomic E-state index is 11.9. The number of aryl methyl sites for hydroxylation is 1. The molecule has 0 saturated heterocycles. The van der Waals surface area contributed by atoms with Crippen LogP contribution in [0.25, 0.3) is 0 Å². The van der Waals surface area contributed by atoms with Crippen molar-refractivity contribution in [3.63, 3.8) is 0 Å². The van der Waals surface area contributed by atoms with E-state index in [1.165, 1.54) is 11.3 Å². The molecule has 0 heterocycles. The molecule has 0 spiro atoms. The molecule has 116 valence electrons. The van der Waals surface area contributed by atoms with E-state index in [9.17, 15) is 4.79 Å². The number of carbonyl (C=O) groups is 1. The zero-order valence-electron chi connectivity index (χ0n) is 13.4. The molecule has 4 heteroatoms. The van der Waals surface area contributed by atoms with E-state index in [4.69, 9.17) is 5.73 Å². The van der Waals surface area contributed by atoms with Gasteiger partial charge in [-0.15, -0.1) is 0 Å². The third-order valence-electron chi connectivity index (χ3n) is 4.99. The molecule has 2 rings (SSSR count). The lowest BCUT2D eigenvalue weighted by molar-refractivity contribution is -0.125. The molecule has 1 aliphatic rings. The minimum atomic E-state index is -0.506. The number of nitrogens with two attached hydrogens (primary N) is 1. The van der Waals surface area contributed by atoms with Crippen molar-refractivity contribution in [1.82, 2.24) is 5.32 Å². The molecule has 1 amide bonds. The van der Waals surface area contributed by atoms with Crippen molar-refractivity contribution in [2.75, 3.05) is 25.5 Å². The second-order valence-electron chi connectivity index (χ2n) is 6.22. The Bertz CT molecular complexity index is 485. The van der Waals surface area contributed by atoms with E-state index < -0.39 is 5.54 Å². The Labute approximate surface area is 127 Å². The normalized spacial score (nSPS) is 25.0. The number of rotatable bonds is 6. The number of carbonyl (C=O) groups excluding carboxylic acids is 1. The van der Waals surface area contributed by atoms with E-state index in [1.807, 2.05) is 7.05 Å². The summed E-state index contributed by atoms with van der Waals surface area (Å²) in [5.41, 5.74) is 7.63. The largest absolute Gasteiger partial charge is 0.375 e. The first-order valence-electron chi connectivity index (χ1n) is 7.76. The van der Waals surface area contributed by atoms with E-state index in [2.05, 4.69) is 48.5 Å². The van der Waals surface area contributed by atoms with Gasteiger partial charge in [-0.1, -0.05) is 24.1 Å². The van der Waals surface area contributed by atoms with Gasteiger partial charge in [-0.25, -0.2) is 0 Å². The third-order valence-corrected chi connectivity index (χ3v) is 4.99. The molecule has 0 aliphatic heterocycles. The van der Waals surface area contributed by atoms with E-state index >= 15 is 0 Å². The monoisotopic (exact) mass is 289 g/mol. The number of hydrogen-bond donors (Lipinski definition) is 2. The van der Waals surface area contributed by atoms with Crippen molar-refractivity contribution < 1.29 is 4.79 Å². The Morgan fingerprint density at radius 1 is 1.43 bits per heavy atom. The minimum Gasteiger partial charge on any atom is -0.375 e. The summed E-state index contributed by atoms with van der Waals surface area (Å²) < 4.78 is 0. The van der Waals surface area contributed by atoms with Crippen molar-refractivity contribution in [3.8, 4) is 0 Å². The van der Waals surface area contributed by atoms with Crippen LogP contribution in [0.3, 0.4) is 0 Å². The molecule has 0 aromatic heterocycles. The van der Waals surface area contributed by atoms with E-state index in [0.717, 1.165) is 32.2 Å². The second kappa shape index (κ2) is 6.48. The summed E-state index contributed by atoms with van der Waals surface area (Å²) in [6.07, 6.45) is 3.99. The van der Waals surface area contributed by atoms with Gasteiger partial charge in [-0.2, -0.15) is 0 Å². The molecule has 0 bridgehead atoms. The molecule has 3 N–H and O–H groups in total. The van der Waals surface area contributed by atoms with E-state index in [0.29, 0.717) is 5.92 Å². The number of anilines is 1. The number of likely N-dealkylation sites (N-methyl/N-ethyl adjacent to an activating group) is 1. The summed E-state index contributed by atoms with van der Waals surface area (Å²) in [4.78, 5) is 14.1. The summed E-state index contributed by atoms with van der Waals surface area (Å²) in [5, 5.41) is 3.20. The summed E-state index contributed by atoms with van der Waals surface area (Å²) >= 11 is 0. The van der Waals surface area contributed by atoms with Gasteiger partial charge < -0.3 is 16.0 Å². The fourth-order valence-corrected chi connectivity index (χ4v) is 3.52. The van der Waals surface area contributed by atoms with Crippen molar-refractivity contribution in [1.29, 1.82) is 0 Å². The first-order valence-corrected chi connectivity index (χ1v) is 7.76. The molecule has 4 nitrogen and oxygen atoms in total. The van der Waals surface area contributed by atoms with Crippen LogP contribution in [0, 0.1) is 12.8 Å². The van der Waals surface area contributed by atoms with E-state index in [1.54, 1.807) is 0 Å². The van der Waals surface area contributed by atoms with Crippen LogP contribution in [0.4, 0.5) is 5.69 Å². The smallest absolute Gasteiger partial charge is 0.238 e. The Morgan fingerprint density at radius 2 is 2.10 bits per heavy atom. The molecule has 1 aliphatic carbocycles. The quantitative estimate of drug-likeness (QED) is 0.843. The van der Waals surface area contributed by atoms with Crippen molar-refractivity contribution in [3.05, 3.63) is 29.8 Å². The number of benzene rings is 1. The molecule has 0 radical (unpaired) electrons. The molecule has 2 unspecified atom stereocenters. The van der Waals surface area contributed by atoms with Gasteiger partial charge in [0, 0.05) is 19.3 Å². The number of nitrogens with zero attached hydrogens (tertiary/aromatic N) is 1. The lowest BCUT2D eigenvalue weighted by Crippen LogP contribution is -2.56. The molecular formula is C17H27N3O. The highest BCUT2D eigenvalue weighted by molar-refractivity contribution is 5.85. The van der Waals surface area contributed by atoms with Gasteiger partial charge in [0.1, 0.15) is 5.54 Å². The van der Waals surface area contributed by atoms with Gasteiger partial charge in [0.25, 0.3) is 0 Å². The van der Waals surface area contributed by atoms with Gasteiger partial charge in [-0.05, 0) is 51.3 Å². The second-order valence-corrected chi connectivity index (χ2v) is 6.22. The van der Waals surface area contributed by atoms with Gasteiger partial charge >= 0.3 is 0 Å². The predicted molar refractivity (Wildman–Crippen MR) is 87.4 cm³/mol. The minimum absolute atomic E-state index is 0.203. The Hall–Kier alpha value is -1.55. The van der Waals surface area contributed by atoms with Crippen LogP contribution in [0.2, 0.25) is 0 Å². The van der Waals surface area contributed by atoms with Crippen molar-refractivity contribution in [2.45, 2.75) is 38.1 Å². The molecule has 1 fully saturated rings. The lowest BCUT2D eigenvalue weighted by atomic mass is 9.84. The summed E-state index contributed by atoms with van der Waals surface area (Å²) in [7, 11) is 3.96. The fraction of sp³-hybridized carbons (Fsp3) is 0.588. The van der Waals surface area contributed by atoms with Crippen LogP contribution in [0.1, 0.15) is 31.2 Å². The summed E-state index contributed by atoms with van der Waals surface area (Å²) in [6.45, 7) is 3.03. The highest BCUT2D eigenvalue weighted by atomic mass is 16.1. The van der Waals surface area contributed by atoms with Crippen LogP contribution in [0.5, 0.6) is 0 Å². The van der Waals surface area contributed by atoms with Crippen LogP contribution in [-0.2, 0) is 4.79 Å². The number of nitrogens with one attached hydrogen (secondary N) is 1. The number of hydrogen-bond acceptors (Lipinski definition) is 3. The van der Waals surface area contributed by atoms with Crippen molar-refractivity contribution >= 4 is 11.6 Å². The van der Waals surface area contributed by atoms with Crippen LogP contribution in [-0.4, -0.2) is 32.1 Å². The van der Waals surface area contributed by atoms with Gasteiger partial charge in [0.05, 0.1) is 0 Å². The standard InChI is InChI=1S/C17H27N3O/c1-13-6-8-15(9-7-13)20(3)12-10-14-5-4-11-17(14,19-2)16(18)21/h6-9,14,19H,4-5,10-12H2,1-3H3,(H2,18,21). The maximum Gasteiger partial charge on any atom is 0.238 e. The zero-order chi connectivity index (χ0) is 15.5. The number of primary amides is 1. The first kappa shape index (κ1) is 15.8. The molecule has 2 atom stereocenters. The Morgan fingerprint density at radius 3 is 2.67 bits per heavy atom. The van der Waals surface area contributed by atoms with Crippen molar-refractivity contribution in [2.24, 2.45) is 11.7 Å². The number of amides is 1. The first-order chi connectivity index (χ1) is 9.99. The van der Waals surface area contributed by atoms with Crippen LogP contribution >= 0.6 is 0 Å². The van der Waals surface area contributed by atoms with E-state index in [-0.39, 0.29) is 5.91 Å². The van der Waals surface area contributed by atoms with Gasteiger partial charge in [0.15, 0.2) is 0 Å². The van der Waals surface area contributed by atoms with Crippen LogP contribution in [0.15, 0.2) is 24.3 Å². The van der Waals surface area contributed by atoms with Gasteiger partial charge in [-0.3, -0.25) is 4.79 Å². The Kier molecular flexibility index (Phi) is 4.88. The van der Waals surface area contributed by atoms with Gasteiger partial charge in [0.2, 0.25) is 5.91 Å². The molecular weight excluding hydrogens is 262 g/mol. The molecule has 1 aromatic rings. The Balaban J connectivity index is 1.98. The maximum absolute atomic E-state index is 11.9. The average Bonchev–Trinajstić information content (AvgIpc) is 2.89. The highest BCUT2D eigenvalue weighted by Crippen LogP contribution is 2.37. The summed E-state index contributed by atoms with van der Waals surface area (Å²) in [6, 6.07) is 8.54. The lowest BCUT2D eigenvalue weighted by Gasteiger charge is -2.33. The SMILES string of the molecule is CNC1(C(N)=O)CCCC1CCN(C)c1ccc(C)cc1.